The van der Waals surface area contributed by atoms with E-state index < -0.39 is 72.4 Å². The first-order chi connectivity index (χ1) is 28.2. The van der Waals surface area contributed by atoms with E-state index >= 15 is 0 Å². The predicted octanol–water partition coefficient (Wildman–Crippen LogP) is 3.03. The summed E-state index contributed by atoms with van der Waals surface area (Å²) in [5.74, 6) is -1.58. The summed E-state index contributed by atoms with van der Waals surface area (Å²) in [4.78, 5) is 80.3. The molecule has 0 heterocycles. The molecule has 6 unspecified atom stereocenters. The zero-order chi connectivity index (χ0) is 44.4. The molecule has 0 saturated heterocycles. The molecule has 0 aromatic rings. The van der Waals surface area contributed by atoms with Gasteiger partial charge >= 0.3 is 35.8 Å². The Labute approximate surface area is 363 Å². The topological polar surface area (TPSA) is 226 Å². The molecule has 0 saturated carbocycles. The van der Waals surface area contributed by atoms with Crippen LogP contribution in [0.1, 0.15) is 80.1 Å². The lowest BCUT2D eigenvalue weighted by atomic mass is 10.2. The minimum absolute atomic E-state index is 0.0247. The number of esters is 6. The average molecular weight is 903 g/mol. The first kappa shape index (κ1) is 56.7. The maximum Gasteiger partial charge on any atom is 0.348 e. The van der Waals surface area contributed by atoms with Crippen molar-refractivity contribution in [3.63, 3.8) is 0 Å². The predicted molar refractivity (Wildman–Crippen MR) is 228 cm³/mol. The van der Waals surface area contributed by atoms with Gasteiger partial charge in [-0.05, 0) is 95.4 Å². The van der Waals surface area contributed by atoms with Gasteiger partial charge in [0.25, 0.3) is 0 Å². The van der Waals surface area contributed by atoms with Crippen molar-refractivity contribution < 1.29 is 71.8 Å². The van der Waals surface area contributed by atoms with Crippen molar-refractivity contribution in [2.75, 3.05) is 94.2 Å². The van der Waals surface area contributed by atoms with Gasteiger partial charge in [0.2, 0.25) is 0 Å². The number of rotatable bonds is 37. The van der Waals surface area contributed by atoms with Gasteiger partial charge in [-0.3, -0.25) is 0 Å². The van der Waals surface area contributed by atoms with Crippen LogP contribution in [0.4, 0.5) is 0 Å². The van der Waals surface area contributed by atoms with Crippen molar-refractivity contribution in [2.24, 2.45) is 5.73 Å². The van der Waals surface area contributed by atoms with Crippen molar-refractivity contribution in [1.82, 2.24) is 4.90 Å². The number of carbonyl (C=O) groups is 6. The lowest BCUT2D eigenvalue weighted by Crippen LogP contribution is -2.40. The summed E-state index contributed by atoms with van der Waals surface area (Å²) in [5, 5.41) is 9.63. The molecule has 344 valence electrons. The summed E-state index contributed by atoms with van der Waals surface area (Å²) < 4.78 is 42.4. The highest BCUT2D eigenvalue weighted by atomic mass is 32.2. The minimum atomic E-state index is -1.54. The average Bonchev–Trinajstić information content (AvgIpc) is 3.21. The van der Waals surface area contributed by atoms with Crippen molar-refractivity contribution in [2.45, 2.75) is 117 Å². The summed E-state index contributed by atoms with van der Waals surface area (Å²) >= 11 is 4.87. The second-order valence-corrected chi connectivity index (χ2v) is 16.9. The van der Waals surface area contributed by atoms with Crippen LogP contribution in [-0.2, 0) is 66.7 Å². The number of nitrogens with zero attached hydrogens (tertiary/aromatic N) is 1. The number of methoxy groups -OCH3 is 1. The molecule has 0 aromatic carbocycles. The van der Waals surface area contributed by atoms with Crippen molar-refractivity contribution >= 4 is 71.1 Å². The van der Waals surface area contributed by atoms with E-state index in [1.807, 2.05) is 6.92 Å². The van der Waals surface area contributed by atoms with Gasteiger partial charge in [0, 0.05) is 31.7 Å². The monoisotopic (exact) mass is 902 g/mol. The Morgan fingerprint density at radius 2 is 1.03 bits per heavy atom. The molecule has 0 amide bonds. The molecule has 20 heteroatoms. The smallest absolute Gasteiger partial charge is 0.348 e. The van der Waals surface area contributed by atoms with Gasteiger partial charge < -0.3 is 53.6 Å². The van der Waals surface area contributed by atoms with E-state index in [4.69, 9.17) is 43.6 Å². The van der Waals surface area contributed by atoms with Gasteiger partial charge in [-0.2, -0.15) is 35.3 Å². The Hall–Kier alpha value is -2.33. The summed E-state index contributed by atoms with van der Waals surface area (Å²) in [6, 6.07) is 0. The van der Waals surface area contributed by atoms with Crippen molar-refractivity contribution in [1.29, 1.82) is 0 Å². The van der Waals surface area contributed by atoms with Crippen LogP contribution < -0.4 is 5.73 Å². The van der Waals surface area contributed by atoms with Crippen molar-refractivity contribution in [3.05, 3.63) is 0 Å². The summed E-state index contributed by atoms with van der Waals surface area (Å²) in [5.41, 5.74) is 5.52. The van der Waals surface area contributed by atoms with Crippen LogP contribution in [0.3, 0.4) is 0 Å². The third-order valence-electron chi connectivity index (χ3n) is 8.24. The van der Waals surface area contributed by atoms with E-state index in [2.05, 4.69) is 18.7 Å². The zero-order valence-electron chi connectivity index (χ0n) is 36.0. The molecule has 0 rings (SSSR count). The second kappa shape index (κ2) is 36.3. The van der Waals surface area contributed by atoms with Gasteiger partial charge in [-0.1, -0.05) is 20.8 Å². The molecule has 3 N–H and O–H groups in total. The Bertz CT molecular complexity index is 1180. The molecule has 0 aromatic heterocycles. The number of nitrogens with two attached hydrogens (primary N) is 1. The van der Waals surface area contributed by atoms with Gasteiger partial charge in [0.1, 0.15) is 12.7 Å². The molecule has 0 aliphatic carbocycles. The number of carbonyl (C=O) groups excluding carboxylic acids is 6. The van der Waals surface area contributed by atoms with Crippen LogP contribution in [0, 0.1) is 0 Å². The lowest BCUT2D eigenvalue weighted by Gasteiger charge is -2.23. The number of hydrogen-bond acceptors (Lipinski definition) is 20. The maximum atomic E-state index is 13.5. The summed E-state index contributed by atoms with van der Waals surface area (Å²) in [7, 11) is 1.54. The highest BCUT2D eigenvalue weighted by Gasteiger charge is 2.35. The SMILES string of the molecule is CCSCCCC(OC(=O)C(C)OC(=O)C(CCCSCCN(CC)CC)OC(=O)C(C)OC(=O)C(CCCSCCN)OC(=O)C(C)O)C(=O)OCCOCCOC. The third kappa shape index (κ3) is 28.0. The highest BCUT2D eigenvalue weighted by molar-refractivity contribution is 7.99. The maximum absolute atomic E-state index is 13.5. The fourth-order valence-corrected chi connectivity index (χ4v) is 7.16. The van der Waals surface area contributed by atoms with Crippen LogP contribution in [0.15, 0.2) is 0 Å². The zero-order valence-corrected chi connectivity index (χ0v) is 38.5. The van der Waals surface area contributed by atoms with Crippen LogP contribution in [-0.4, -0.2) is 177 Å². The first-order valence-corrected chi connectivity index (χ1v) is 23.8. The largest absolute Gasteiger partial charge is 0.460 e. The minimum Gasteiger partial charge on any atom is -0.460 e. The number of hydrogen-bond donors (Lipinski definition) is 2. The number of ether oxygens (including phenoxy) is 8. The highest BCUT2D eigenvalue weighted by Crippen LogP contribution is 2.17. The van der Waals surface area contributed by atoms with Crippen LogP contribution in [0.5, 0.6) is 0 Å². The normalized spacial score (nSPS) is 14.3. The molecule has 0 radical (unpaired) electrons. The molecule has 0 fully saturated rings. The quantitative estimate of drug-likeness (QED) is 0.0519. The third-order valence-corrected chi connectivity index (χ3v) is 11.4. The molecule has 0 aliphatic heterocycles. The Kier molecular flexibility index (Phi) is 34.9. The molecule has 0 aliphatic rings. The molecule has 6 atom stereocenters. The Morgan fingerprint density at radius 1 is 0.576 bits per heavy atom. The number of aliphatic hydroxyl groups is 1. The van der Waals surface area contributed by atoms with E-state index in [0.717, 1.165) is 36.9 Å². The van der Waals surface area contributed by atoms with Crippen LogP contribution >= 0.6 is 35.3 Å². The van der Waals surface area contributed by atoms with E-state index in [0.29, 0.717) is 56.3 Å². The molecular formula is C39H70N2O15S3. The Morgan fingerprint density at radius 3 is 1.49 bits per heavy atom. The van der Waals surface area contributed by atoms with Gasteiger partial charge in [-0.25, -0.2) is 28.8 Å². The summed E-state index contributed by atoms with van der Waals surface area (Å²) in [6.07, 6.45) is -6.99. The molecule has 0 spiro atoms. The van der Waals surface area contributed by atoms with Gasteiger partial charge in [0.05, 0.1) is 19.8 Å². The standard InChI is InChI=1S/C39H70N2O15S3/c1-8-41(9-2)18-27-59-25-13-16-33(56-36(45)30(6)52-38(47)32(54-34(43)28(4)42)15-12-24-58-26-17-40)39(48)53-29(5)35(44)55-31(14-11-23-57-10-3)37(46)51-22-21-50-20-19-49-7/h28-33,42H,8-27,40H2,1-7H3. The Balaban J connectivity index is 5.78. The molecule has 17 nitrogen and oxygen atoms in total. The van der Waals surface area contributed by atoms with Crippen LogP contribution in [0.2, 0.25) is 0 Å². The van der Waals surface area contributed by atoms with E-state index in [9.17, 15) is 33.9 Å². The second-order valence-electron chi connectivity index (χ2n) is 13.0. The van der Waals surface area contributed by atoms with Crippen LogP contribution in [0.25, 0.3) is 0 Å². The number of thioether (sulfide) groups is 3. The molecule has 0 bridgehead atoms. The van der Waals surface area contributed by atoms with E-state index in [1.165, 1.54) is 27.9 Å². The fourth-order valence-electron chi connectivity index (χ4n) is 4.80. The molecule has 59 heavy (non-hydrogen) atoms. The van der Waals surface area contributed by atoms with Gasteiger partial charge in [-0.15, -0.1) is 0 Å². The van der Waals surface area contributed by atoms with E-state index in [1.54, 1.807) is 35.3 Å². The van der Waals surface area contributed by atoms with Gasteiger partial charge in [0.15, 0.2) is 30.5 Å². The van der Waals surface area contributed by atoms with Crippen molar-refractivity contribution in [3.8, 4) is 0 Å². The molecular weight excluding hydrogens is 833 g/mol. The lowest BCUT2D eigenvalue weighted by molar-refractivity contribution is -0.189. The fraction of sp³-hybridized carbons (Fsp3) is 0.846. The first-order valence-electron chi connectivity index (χ1n) is 20.3. The van der Waals surface area contributed by atoms with E-state index in [-0.39, 0.29) is 32.5 Å². The summed E-state index contributed by atoms with van der Waals surface area (Å²) in [6.45, 7) is 13.8. The number of aliphatic hydroxyl groups excluding tert-OH is 1.